The van der Waals surface area contributed by atoms with Crippen molar-refractivity contribution in [3.8, 4) is 11.5 Å². The standard InChI is InChI=1S/C17H26N2O5/c1-4-23-14-9-8-13(11-15(14)24-5-2)12(3)19-17(22)18-10-6-7-16(20)21/h8-9,11-12H,4-7,10H2,1-3H3,(H,20,21)(H2,18,19,22). The Hall–Kier alpha value is -2.44. The lowest BCUT2D eigenvalue weighted by Gasteiger charge is -2.18. The van der Waals surface area contributed by atoms with Crippen LogP contribution in [0.5, 0.6) is 11.5 Å². The summed E-state index contributed by atoms with van der Waals surface area (Å²) < 4.78 is 11.1. The summed E-state index contributed by atoms with van der Waals surface area (Å²) in [4.78, 5) is 22.2. The fourth-order valence-electron chi connectivity index (χ4n) is 2.11. The van der Waals surface area contributed by atoms with E-state index in [0.29, 0.717) is 37.7 Å². The van der Waals surface area contributed by atoms with E-state index in [9.17, 15) is 9.59 Å². The molecule has 0 bridgehead atoms. The zero-order chi connectivity index (χ0) is 17.9. The number of carbonyl (C=O) groups is 2. The fourth-order valence-corrected chi connectivity index (χ4v) is 2.11. The minimum absolute atomic E-state index is 0.0342. The van der Waals surface area contributed by atoms with Gasteiger partial charge in [-0.3, -0.25) is 4.79 Å². The lowest BCUT2D eigenvalue weighted by Crippen LogP contribution is -2.37. The van der Waals surface area contributed by atoms with Crippen molar-refractivity contribution in [3.05, 3.63) is 23.8 Å². The van der Waals surface area contributed by atoms with Gasteiger partial charge >= 0.3 is 12.0 Å². The zero-order valence-electron chi connectivity index (χ0n) is 14.4. The lowest BCUT2D eigenvalue weighted by molar-refractivity contribution is -0.137. The molecular formula is C17H26N2O5. The molecule has 7 heteroatoms. The van der Waals surface area contributed by atoms with Gasteiger partial charge < -0.3 is 25.2 Å². The van der Waals surface area contributed by atoms with Crippen LogP contribution in [0.4, 0.5) is 4.79 Å². The molecule has 0 aliphatic carbocycles. The molecule has 0 heterocycles. The number of rotatable bonds is 10. The largest absolute Gasteiger partial charge is 0.490 e. The average Bonchev–Trinajstić information content (AvgIpc) is 2.53. The predicted octanol–water partition coefficient (Wildman–Crippen LogP) is 2.71. The quantitative estimate of drug-likeness (QED) is 0.570. The maximum absolute atomic E-state index is 11.8. The summed E-state index contributed by atoms with van der Waals surface area (Å²) in [5.41, 5.74) is 0.891. The van der Waals surface area contributed by atoms with Crippen molar-refractivity contribution in [2.75, 3.05) is 19.8 Å². The van der Waals surface area contributed by atoms with Crippen LogP contribution in [0.3, 0.4) is 0 Å². The first-order valence-corrected chi connectivity index (χ1v) is 8.13. The average molecular weight is 338 g/mol. The van der Waals surface area contributed by atoms with Crippen LogP contribution in [-0.2, 0) is 4.79 Å². The number of urea groups is 1. The molecule has 0 saturated carbocycles. The molecular weight excluding hydrogens is 312 g/mol. The van der Waals surface area contributed by atoms with Crippen LogP contribution in [-0.4, -0.2) is 36.9 Å². The Kier molecular flexibility index (Phi) is 8.46. The summed E-state index contributed by atoms with van der Waals surface area (Å²) in [6.07, 6.45) is 0.432. The highest BCUT2D eigenvalue weighted by Crippen LogP contribution is 2.30. The number of aliphatic carboxylic acids is 1. The molecule has 0 spiro atoms. The minimum Gasteiger partial charge on any atom is -0.490 e. The SMILES string of the molecule is CCOc1ccc(C(C)NC(=O)NCCCC(=O)O)cc1OCC. The van der Waals surface area contributed by atoms with Gasteiger partial charge in [-0.25, -0.2) is 4.79 Å². The summed E-state index contributed by atoms with van der Waals surface area (Å²) in [5, 5.41) is 14.0. The first kappa shape index (κ1) is 19.6. The Morgan fingerprint density at radius 1 is 1.17 bits per heavy atom. The van der Waals surface area contributed by atoms with Crippen molar-refractivity contribution in [1.29, 1.82) is 0 Å². The number of benzene rings is 1. The first-order valence-electron chi connectivity index (χ1n) is 8.13. The summed E-state index contributed by atoms with van der Waals surface area (Å²) in [5.74, 6) is 0.448. The third-order valence-corrected chi connectivity index (χ3v) is 3.27. The molecule has 134 valence electrons. The van der Waals surface area contributed by atoms with Crippen LogP contribution in [0.2, 0.25) is 0 Å². The maximum Gasteiger partial charge on any atom is 0.315 e. The minimum atomic E-state index is -0.872. The molecule has 0 aliphatic heterocycles. The van der Waals surface area contributed by atoms with Gasteiger partial charge in [0.05, 0.1) is 19.3 Å². The Morgan fingerprint density at radius 2 is 1.83 bits per heavy atom. The van der Waals surface area contributed by atoms with E-state index in [-0.39, 0.29) is 18.5 Å². The Balaban J connectivity index is 2.59. The molecule has 1 unspecified atom stereocenters. The molecule has 2 amide bonds. The predicted molar refractivity (Wildman–Crippen MR) is 90.6 cm³/mol. The second-order valence-electron chi connectivity index (χ2n) is 5.19. The van der Waals surface area contributed by atoms with Gasteiger partial charge in [-0.15, -0.1) is 0 Å². The van der Waals surface area contributed by atoms with Crippen LogP contribution in [0.15, 0.2) is 18.2 Å². The monoisotopic (exact) mass is 338 g/mol. The molecule has 0 aliphatic rings. The Labute approximate surface area is 142 Å². The molecule has 0 radical (unpaired) electrons. The summed E-state index contributed by atoms with van der Waals surface area (Å²) >= 11 is 0. The molecule has 1 aromatic carbocycles. The number of hydrogen-bond donors (Lipinski definition) is 3. The zero-order valence-corrected chi connectivity index (χ0v) is 14.4. The molecule has 1 aromatic rings. The fraction of sp³-hybridized carbons (Fsp3) is 0.529. The third-order valence-electron chi connectivity index (χ3n) is 3.27. The van der Waals surface area contributed by atoms with Crippen LogP contribution < -0.4 is 20.1 Å². The number of carboxylic acids is 1. The normalized spacial score (nSPS) is 11.5. The summed E-state index contributed by atoms with van der Waals surface area (Å²) in [7, 11) is 0. The lowest BCUT2D eigenvalue weighted by atomic mass is 10.1. The highest BCUT2D eigenvalue weighted by atomic mass is 16.5. The van der Waals surface area contributed by atoms with Gasteiger partial charge in [0.15, 0.2) is 11.5 Å². The third kappa shape index (κ3) is 6.76. The van der Waals surface area contributed by atoms with Crippen molar-refractivity contribution in [3.63, 3.8) is 0 Å². The topological polar surface area (TPSA) is 96.9 Å². The molecule has 0 aromatic heterocycles. The van der Waals surface area contributed by atoms with Gasteiger partial charge in [0.2, 0.25) is 0 Å². The number of nitrogens with one attached hydrogen (secondary N) is 2. The molecule has 3 N–H and O–H groups in total. The van der Waals surface area contributed by atoms with E-state index in [1.807, 2.05) is 39.0 Å². The first-order chi connectivity index (χ1) is 11.5. The van der Waals surface area contributed by atoms with E-state index in [1.54, 1.807) is 0 Å². The van der Waals surface area contributed by atoms with Crippen molar-refractivity contribution in [1.82, 2.24) is 10.6 Å². The number of amides is 2. The van der Waals surface area contributed by atoms with Crippen molar-refractivity contribution in [2.45, 2.75) is 39.7 Å². The van der Waals surface area contributed by atoms with E-state index >= 15 is 0 Å². The number of ether oxygens (including phenoxy) is 2. The second-order valence-corrected chi connectivity index (χ2v) is 5.19. The molecule has 24 heavy (non-hydrogen) atoms. The Bertz CT molecular complexity index is 548. The van der Waals surface area contributed by atoms with E-state index in [1.165, 1.54) is 0 Å². The Morgan fingerprint density at radius 3 is 2.46 bits per heavy atom. The second kappa shape index (κ2) is 10.4. The van der Waals surface area contributed by atoms with Gasteiger partial charge in [0.25, 0.3) is 0 Å². The highest BCUT2D eigenvalue weighted by molar-refractivity contribution is 5.74. The van der Waals surface area contributed by atoms with Crippen molar-refractivity contribution in [2.24, 2.45) is 0 Å². The van der Waals surface area contributed by atoms with Gasteiger partial charge in [-0.05, 0) is 44.9 Å². The van der Waals surface area contributed by atoms with E-state index in [4.69, 9.17) is 14.6 Å². The van der Waals surface area contributed by atoms with Crippen LogP contribution >= 0.6 is 0 Å². The summed E-state index contributed by atoms with van der Waals surface area (Å²) in [6.45, 7) is 7.05. The van der Waals surface area contributed by atoms with Crippen LogP contribution in [0.1, 0.15) is 45.2 Å². The highest BCUT2D eigenvalue weighted by Gasteiger charge is 2.13. The number of hydrogen-bond acceptors (Lipinski definition) is 4. The van der Waals surface area contributed by atoms with Gasteiger partial charge in [0, 0.05) is 13.0 Å². The maximum atomic E-state index is 11.8. The molecule has 0 saturated heterocycles. The van der Waals surface area contributed by atoms with E-state index in [2.05, 4.69) is 10.6 Å². The van der Waals surface area contributed by atoms with Gasteiger partial charge in [-0.2, -0.15) is 0 Å². The van der Waals surface area contributed by atoms with Gasteiger partial charge in [-0.1, -0.05) is 6.07 Å². The summed E-state index contributed by atoms with van der Waals surface area (Å²) in [6, 6.07) is 5.00. The van der Waals surface area contributed by atoms with Crippen LogP contribution in [0.25, 0.3) is 0 Å². The van der Waals surface area contributed by atoms with Gasteiger partial charge in [0.1, 0.15) is 0 Å². The van der Waals surface area contributed by atoms with Crippen molar-refractivity contribution >= 4 is 12.0 Å². The van der Waals surface area contributed by atoms with E-state index < -0.39 is 5.97 Å². The number of carbonyl (C=O) groups excluding carboxylic acids is 1. The smallest absolute Gasteiger partial charge is 0.315 e. The molecule has 7 nitrogen and oxygen atoms in total. The van der Waals surface area contributed by atoms with E-state index in [0.717, 1.165) is 5.56 Å². The number of carboxylic acid groups (broad SMARTS) is 1. The molecule has 0 fully saturated rings. The van der Waals surface area contributed by atoms with Crippen LogP contribution in [0, 0.1) is 0 Å². The van der Waals surface area contributed by atoms with Crippen molar-refractivity contribution < 1.29 is 24.2 Å². The molecule has 1 atom stereocenters. The molecule has 1 rings (SSSR count).